The van der Waals surface area contributed by atoms with E-state index in [0.29, 0.717) is 77.2 Å². The van der Waals surface area contributed by atoms with Crippen LogP contribution in [0.5, 0.6) is 0 Å². The van der Waals surface area contributed by atoms with Crippen LogP contribution in [0.25, 0.3) is 90.3 Å². The lowest BCUT2D eigenvalue weighted by molar-refractivity contribution is 0.852. The molecule has 0 aliphatic carbocycles. The number of imidazole rings is 6. The van der Waals surface area contributed by atoms with Gasteiger partial charge in [0, 0.05) is 155 Å². The number of H-pyrrole nitrogens is 6. The van der Waals surface area contributed by atoms with Crippen LogP contribution in [0.3, 0.4) is 0 Å². The average Bonchev–Trinajstić information content (AvgIpc) is 1.67. The summed E-state index contributed by atoms with van der Waals surface area (Å²) in [4.78, 5) is 126. The van der Waals surface area contributed by atoms with Crippen molar-refractivity contribution in [3.63, 3.8) is 0 Å². The summed E-state index contributed by atoms with van der Waals surface area (Å²) in [5, 5.41) is 17.7. The number of nitrogens with one attached hydrogen (secondary N) is 6. The standard InChI is InChI=1S/C17H15N5O.C16H15N5O.C13H15N5O.C12H12IN5O.C12H13N5O.C10H9N5O/c1-2-13-15(12-6-4-3-5-7-12)20-16-14(21-9-8-18-11-21)10-19-22(16)17(13)23;1-3-11-10(2)19-15-14(8-18-21(15)16(11)22)20-9-17-12-6-4-5-7-13(12)20;1-4-10-8(2)16-12-11(7-15-18(12)13(10)19)17-6-5-14-9(17)3;1-3-8-7(2)16-11-9(4-15-18(11)12(8)19)17-6-14-5-10(17)13;1-3-9-8(2)15-11-10(16-5-4-13-7-16)6-14-17(11)12(9)18;1-7-4-9(16)15-10(13-7)8(5-12-15)14-3-2-11-6-14/h3-11,19H,2H2,1H3;4-9,18H,3H2,1-2H3;5-7,15H,4H2,1-3H3;4-6,15H,3H2,1-2H3;4-7,14H,3H2,1-2H3;2-6,12H,1H3. The van der Waals surface area contributed by atoms with E-state index in [1.54, 1.807) is 117 Å². The van der Waals surface area contributed by atoms with E-state index in [1.807, 2.05) is 165 Å². The third-order valence-electron chi connectivity index (χ3n) is 19.9. The summed E-state index contributed by atoms with van der Waals surface area (Å²) < 4.78 is 21.0. The molecule has 0 radical (unpaired) electrons. The summed E-state index contributed by atoms with van der Waals surface area (Å²) in [6.45, 7) is 21.0. The van der Waals surface area contributed by atoms with E-state index in [-0.39, 0.29) is 33.4 Å². The Morgan fingerprint density at radius 1 is 0.359 bits per heavy atom. The van der Waals surface area contributed by atoms with E-state index in [2.05, 4.69) is 108 Å². The number of rotatable bonds is 12. The zero-order chi connectivity index (χ0) is 82.0. The zero-order valence-electron chi connectivity index (χ0n) is 65.4. The van der Waals surface area contributed by atoms with E-state index in [1.165, 1.54) is 33.2 Å². The SMILES string of the molecule is CCc1c(-c2ccccc2)nc2c(-n3ccnc3)c[nH]n2c1=O.CCc1c(C)nc2c(-n3ccnc3)c[nH]n2c1=O.CCc1c(C)nc2c(-n3ccnc3C)c[nH]n2c1=O.CCc1c(C)nc2c(-n3cnc4ccccc43)c[nH]n2c1=O.CCc1c(C)nc2c(-n3cncc3I)c[nH]n2c1=O.Cc1cc(=O)n2[nH]cc(-n3ccnc3)c2n1. The summed E-state index contributed by atoms with van der Waals surface area (Å²) in [5.41, 5.74) is 19.3. The fourth-order valence-corrected chi connectivity index (χ4v) is 14.6. The highest BCUT2D eigenvalue weighted by Crippen LogP contribution is 2.26. The molecular formula is C80H79IN30O6. The van der Waals surface area contributed by atoms with Crippen LogP contribution < -0.4 is 33.4 Å². The maximum absolute atomic E-state index is 12.8. The zero-order valence-corrected chi connectivity index (χ0v) is 67.6. The maximum atomic E-state index is 12.8. The van der Waals surface area contributed by atoms with Crippen molar-refractivity contribution in [2.75, 3.05) is 0 Å². The van der Waals surface area contributed by atoms with Gasteiger partial charge in [-0.3, -0.25) is 73.1 Å². The van der Waals surface area contributed by atoms with Crippen LogP contribution in [0.4, 0.5) is 0 Å². The minimum atomic E-state index is -0.117. The number of fused-ring (bicyclic) bond motifs is 7. The van der Waals surface area contributed by atoms with Gasteiger partial charge < -0.3 is 13.7 Å². The number of hydrogen-bond acceptors (Lipinski definition) is 18. The van der Waals surface area contributed by atoms with Crippen LogP contribution in [0.15, 0.2) is 214 Å². The summed E-state index contributed by atoms with van der Waals surface area (Å²) >= 11 is 2.19. The quantitative estimate of drug-likeness (QED) is 0.0620. The number of aromatic nitrogens is 30. The first-order chi connectivity index (χ1) is 56.7. The third-order valence-corrected chi connectivity index (χ3v) is 20.7. The van der Waals surface area contributed by atoms with E-state index in [4.69, 9.17) is 4.98 Å². The molecule has 0 aliphatic heterocycles. The second kappa shape index (κ2) is 32.7. The summed E-state index contributed by atoms with van der Waals surface area (Å²) in [5.74, 6) is 0.855. The molecule has 20 aromatic rings. The van der Waals surface area contributed by atoms with Crippen molar-refractivity contribution in [3.8, 4) is 45.4 Å². The van der Waals surface area contributed by atoms with Crippen molar-refractivity contribution in [1.82, 2.24) is 145 Å². The van der Waals surface area contributed by atoms with Gasteiger partial charge in [-0.2, -0.15) is 27.1 Å². The predicted molar refractivity (Wildman–Crippen MR) is 449 cm³/mol. The molecule has 592 valence electrons. The highest BCUT2D eigenvalue weighted by molar-refractivity contribution is 14.1. The molecule has 37 heteroatoms. The Balaban J connectivity index is 0.000000110. The van der Waals surface area contributed by atoms with Crippen LogP contribution in [-0.4, -0.2) is 145 Å². The third kappa shape index (κ3) is 14.5. The van der Waals surface area contributed by atoms with Crippen molar-refractivity contribution >= 4 is 67.5 Å². The van der Waals surface area contributed by atoms with Crippen LogP contribution in [0.1, 0.15) is 96.7 Å². The van der Waals surface area contributed by atoms with E-state index in [9.17, 15) is 28.8 Å². The number of para-hydroxylation sites is 2. The van der Waals surface area contributed by atoms with Crippen molar-refractivity contribution < 1.29 is 0 Å². The van der Waals surface area contributed by atoms with Gasteiger partial charge in [-0.25, -0.2) is 59.8 Å². The van der Waals surface area contributed by atoms with E-state index < -0.39 is 0 Å². The maximum Gasteiger partial charge on any atom is 0.276 e. The van der Waals surface area contributed by atoms with Gasteiger partial charge in [0.25, 0.3) is 33.4 Å². The van der Waals surface area contributed by atoms with Crippen LogP contribution >= 0.6 is 22.6 Å². The van der Waals surface area contributed by atoms with Crippen molar-refractivity contribution in [2.24, 2.45) is 0 Å². The number of aryl methyl sites for hydroxylation is 6. The van der Waals surface area contributed by atoms with Gasteiger partial charge in [0.05, 0.1) is 41.9 Å². The van der Waals surface area contributed by atoms with Gasteiger partial charge >= 0.3 is 0 Å². The minimum absolute atomic E-state index is 0.0333. The highest BCUT2D eigenvalue weighted by atomic mass is 127. The molecule has 0 fully saturated rings. The monoisotopic (exact) mass is 1680 g/mol. The van der Waals surface area contributed by atoms with Crippen molar-refractivity contribution in [1.29, 1.82) is 0 Å². The molecule has 0 saturated carbocycles. The molecule has 20 rings (SSSR count). The Morgan fingerprint density at radius 3 is 1.15 bits per heavy atom. The van der Waals surface area contributed by atoms with Gasteiger partial charge in [-0.15, -0.1) is 0 Å². The number of benzene rings is 2. The second-order valence-corrected chi connectivity index (χ2v) is 28.0. The molecule has 0 spiro atoms. The predicted octanol–water partition coefficient (Wildman–Crippen LogP) is 9.34. The molecule has 36 nitrogen and oxygen atoms in total. The van der Waals surface area contributed by atoms with Crippen LogP contribution in [0.2, 0.25) is 0 Å². The Kier molecular flexibility index (Phi) is 21.7. The van der Waals surface area contributed by atoms with E-state index in [0.717, 1.165) is 111 Å². The lowest BCUT2D eigenvalue weighted by atomic mass is 10.1. The molecular weight excluding hydrogens is 1600 g/mol. The van der Waals surface area contributed by atoms with Crippen molar-refractivity contribution in [2.45, 2.75) is 108 Å². The smallest absolute Gasteiger partial charge is 0.276 e. The molecule has 2 aromatic carbocycles. The highest BCUT2D eigenvalue weighted by Gasteiger charge is 2.22. The fourth-order valence-electron chi connectivity index (χ4n) is 14.0. The minimum Gasteiger partial charge on any atom is -0.301 e. The molecule has 0 aliphatic rings. The largest absolute Gasteiger partial charge is 0.301 e. The topological polar surface area (TPSA) is 408 Å². The number of halogens is 1. The average molecular weight is 1680 g/mol. The number of nitrogens with zero attached hydrogens (tertiary/aromatic N) is 24. The Hall–Kier alpha value is -14.8. The Labute approximate surface area is 675 Å². The second-order valence-electron chi connectivity index (χ2n) is 26.9. The van der Waals surface area contributed by atoms with Gasteiger partial charge in [-0.05, 0) is 108 Å². The van der Waals surface area contributed by atoms with Gasteiger partial charge in [0.1, 0.15) is 56.3 Å². The molecule has 0 unspecified atom stereocenters. The van der Waals surface area contributed by atoms with Crippen LogP contribution in [0, 0.1) is 45.2 Å². The molecule has 18 aromatic heterocycles. The Morgan fingerprint density at radius 2 is 0.744 bits per heavy atom. The number of hydrogen-bond donors (Lipinski definition) is 6. The Bertz CT molecular complexity index is 7250. The summed E-state index contributed by atoms with van der Waals surface area (Å²) in [7, 11) is 0. The first-order valence-corrected chi connectivity index (χ1v) is 38.5. The summed E-state index contributed by atoms with van der Waals surface area (Å²) in [6.07, 6.45) is 38.2. The lowest BCUT2D eigenvalue weighted by Gasteiger charge is -2.08. The van der Waals surface area contributed by atoms with Crippen LogP contribution in [-0.2, 0) is 32.1 Å². The molecule has 0 saturated heterocycles. The normalized spacial score (nSPS) is 11.3. The fraction of sp³-hybridized carbons (Fsp3) is 0.200. The molecule has 0 amide bonds. The molecule has 117 heavy (non-hydrogen) atoms. The first-order valence-electron chi connectivity index (χ1n) is 37.4. The van der Waals surface area contributed by atoms with Gasteiger partial charge in [0.15, 0.2) is 33.9 Å². The van der Waals surface area contributed by atoms with Gasteiger partial charge in [-0.1, -0.05) is 77.1 Å². The molecule has 6 N–H and O–H groups in total. The van der Waals surface area contributed by atoms with Gasteiger partial charge in [0.2, 0.25) is 0 Å². The van der Waals surface area contributed by atoms with Crippen molar-refractivity contribution in [3.05, 3.63) is 313 Å². The molecule has 0 atom stereocenters. The molecule has 0 bridgehead atoms. The van der Waals surface area contributed by atoms with E-state index >= 15 is 0 Å². The number of aromatic amines is 6. The lowest BCUT2D eigenvalue weighted by Crippen LogP contribution is -2.21. The first kappa shape index (κ1) is 77.5. The summed E-state index contributed by atoms with van der Waals surface area (Å²) in [6, 6.07) is 19.2. The molecule has 18 heterocycles.